The predicted molar refractivity (Wildman–Crippen MR) is 164 cm³/mol. The maximum Gasteiger partial charge on any atom is 0.340 e. The minimum atomic E-state index is -0.595. The molecule has 2 aromatic carbocycles. The molecule has 2 amide bonds. The highest BCUT2D eigenvalue weighted by Gasteiger charge is 2.36. The number of esters is 1. The van der Waals surface area contributed by atoms with E-state index < -0.39 is 5.97 Å². The van der Waals surface area contributed by atoms with Crippen LogP contribution in [-0.2, 0) is 22.3 Å². The van der Waals surface area contributed by atoms with E-state index in [0.29, 0.717) is 58.7 Å². The van der Waals surface area contributed by atoms with Crippen molar-refractivity contribution in [3.63, 3.8) is 0 Å². The number of nitrogens with zero attached hydrogens (tertiary/aromatic N) is 1. The van der Waals surface area contributed by atoms with E-state index in [2.05, 4.69) is 23.8 Å². The summed E-state index contributed by atoms with van der Waals surface area (Å²) in [7, 11) is 0. The molecule has 1 unspecified atom stereocenters. The number of rotatable bonds is 12. The van der Waals surface area contributed by atoms with Crippen molar-refractivity contribution in [1.29, 1.82) is 0 Å². The molecule has 0 saturated heterocycles. The van der Waals surface area contributed by atoms with Gasteiger partial charge in [0.1, 0.15) is 11.6 Å². The van der Waals surface area contributed by atoms with Gasteiger partial charge in [0.15, 0.2) is 0 Å². The molecule has 8 nitrogen and oxygen atoms in total. The molecule has 0 aliphatic carbocycles. The Morgan fingerprint density at radius 3 is 2.33 bits per heavy atom. The average Bonchev–Trinajstić information content (AvgIpc) is 3.35. The Kier molecular flexibility index (Phi) is 11.8. The zero-order valence-corrected chi connectivity index (χ0v) is 25.1. The van der Waals surface area contributed by atoms with Crippen LogP contribution in [0.15, 0.2) is 73.7 Å². The molecule has 9 heteroatoms. The SMILES string of the molecule is C=COC(=C)CNC(=O)c1ccc(-c2c(C(=O)OCC)c(CCc3ccc(F)cc3)nc3c2C(=O)NC3CC)cc1.CC. The Balaban J connectivity index is 0.00000248. The lowest BCUT2D eigenvalue weighted by molar-refractivity contribution is 0.0525. The zero-order valence-electron chi connectivity index (χ0n) is 25.1. The monoisotopic (exact) mass is 587 g/mol. The van der Waals surface area contributed by atoms with E-state index in [1.807, 2.05) is 20.8 Å². The fraction of sp³-hybridized carbons (Fsp3) is 0.294. The van der Waals surface area contributed by atoms with Crippen molar-refractivity contribution in [2.45, 2.75) is 53.0 Å². The highest BCUT2D eigenvalue weighted by atomic mass is 19.1. The summed E-state index contributed by atoms with van der Waals surface area (Å²) in [5, 5.41) is 5.68. The van der Waals surface area contributed by atoms with Crippen molar-refractivity contribution < 1.29 is 28.2 Å². The Morgan fingerprint density at radius 1 is 1.05 bits per heavy atom. The number of amides is 2. The van der Waals surface area contributed by atoms with Crippen LogP contribution in [0.2, 0.25) is 0 Å². The summed E-state index contributed by atoms with van der Waals surface area (Å²) in [5.74, 6) is -1.27. The van der Waals surface area contributed by atoms with Gasteiger partial charge in [-0.05, 0) is 61.6 Å². The van der Waals surface area contributed by atoms with Gasteiger partial charge >= 0.3 is 5.97 Å². The molecule has 226 valence electrons. The minimum Gasteiger partial charge on any atom is -0.469 e. The number of aromatic nitrogens is 1. The number of benzene rings is 2. The predicted octanol–water partition coefficient (Wildman–Crippen LogP) is 6.47. The van der Waals surface area contributed by atoms with Gasteiger partial charge in [0.2, 0.25) is 0 Å². The molecule has 0 spiro atoms. The van der Waals surface area contributed by atoms with Gasteiger partial charge in [0.25, 0.3) is 11.8 Å². The van der Waals surface area contributed by atoms with Crippen LogP contribution < -0.4 is 10.6 Å². The van der Waals surface area contributed by atoms with Gasteiger partial charge in [-0.25, -0.2) is 9.18 Å². The van der Waals surface area contributed by atoms with Crippen LogP contribution in [0.3, 0.4) is 0 Å². The van der Waals surface area contributed by atoms with Crippen molar-refractivity contribution in [2.75, 3.05) is 13.2 Å². The fourth-order valence-corrected chi connectivity index (χ4v) is 4.77. The van der Waals surface area contributed by atoms with Crippen LogP contribution in [0.4, 0.5) is 4.39 Å². The third-order valence-electron chi connectivity index (χ3n) is 6.75. The zero-order chi connectivity index (χ0) is 31.5. The molecule has 2 heterocycles. The number of pyridine rings is 1. The molecular weight excluding hydrogens is 549 g/mol. The number of hydrogen-bond acceptors (Lipinski definition) is 6. The Morgan fingerprint density at radius 2 is 1.72 bits per heavy atom. The van der Waals surface area contributed by atoms with E-state index in [4.69, 9.17) is 14.5 Å². The first-order chi connectivity index (χ1) is 20.8. The first kappa shape index (κ1) is 32.7. The first-order valence-electron chi connectivity index (χ1n) is 14.4. The van der Waals surface area contributed by atoms with Crippen molar-refractivity contribution in [3.8, 4) is 11.1 Å². The molecule has 2 N–H and O–H groups in total. The molecule has 0 radical (unpaired) electrons. The van der Waals surface area contributed by atoms with Gasteiger partial charge in [-0.2, -0.15) is 0 Å². The summed E-state index contributed by atoms with van der Waals surface area (Å²) in [4.78, 5) is 44.2. The van der Waals surface area contributed by atoms with E-state index in [0.717, 1.165) is 5.56 Å². The number of carbonyl (C=O) groups is 3. The number of ether oxygens (including phenoxy) is 2. The lowest BCUT2D eigenvalue weighted by atomic mass is 9.89. The summed E-state index contributed by atoms with van der Waals surface area (Å²) in [6.07, 6.45) is 2.70. The lowest BCUT2D eigenvalue weighted by Crippen LogP contribution is -2.25. The van der Waals surface area contributed by atoms with E-state index in [1.54, 1.807) is 43.3 Å². The number of nitrogens with one attached hydrogen (secondary N) is 2. The number of aryl methyl sites for hydroxylation is 2. The van der Waals surface area contributed by atoms with E-state index >= 15 is 0 Å². The number of fused-ring (bicyclic) bond motifs is 1. The van der Waals surface area contributed by atoms with Crippen molar-refractivity contribution >= 4 is 17.8 Å². The van der Waals surface area contributed by atoms with E-state index in [-0.39, 0.29) is 42.4 Å². The highest BCUT2D eigenvalue weighted by Crippen LogP contribution is 2.38. The second-order valence-electron chi connectivity index (χ2n) is 9.43. The molecule has 4 rings (SSSR count). The lowest BCUT2D eigenvalue weighted by Gasteiger charge is -2.18. The molecule has 1 aromatic heterocycles. The summed E-state index contributed by atoms with van der Waals surface area (Å²) in [6, 6.07) is 12.5. The van der Waals surface area contributed by atoms with Crippen LogP contribution in [0.5, 0.6) is 0 Å². The van der Waals surface area contributed by atoms with Gasteiger partial charge in [-0.3, -0.25) is 14.6 Å². The van der Waals surface area contributed by atoms with Crippen LogP contribution in [0.1, 0.15) is 88.2 Å². The smallest absolute Gasteiger partial charge is 0.340 e. The molecule has 0 fully saturated rings. The fourth-order valence-electron chi connectivity index (χ4n) is 4.77. The van der Waals surface area contributed by atoms with E-state index in [1.165, 1.54) is 18.4 Å². The molecule has 3 aromatic rings. The van der Waals surface area contributed by atoms with Crippen molar-refractivity contribution in [2.24, 2.45) is 0 Å². The molecule has 43 heavy (non-hydrogen) atoms. The first-order valence-corrected chi connectivity index (χ1v) is 14.4. The molecule has 1 atom stereocenters. The standard InChI is InChI=1S/C32H32FN3O5.C2H6/c1-5-24-29-28(31(38)36-24)26(21-11-13-22(14-12-21)30(37)34-18-19(4)40-6-2)27(32(39)41-7-3)25(35-29)17-10-20-8-15-23(33)16-9-20;1-2/h6,8-9,11-16,24H,2,4-5,7,10,17-18H2,1,3H3,(H,34,37)(H,36,38);1-2H3. The highest BCUT2D eigenvalue weighted by molar-refractivity contribution is 6.10. The molecular formula is C34H38FN3O5. The Hall–Kier alpha value is -4.79. The van der Waals surface area contributed by atoms with Crippen LogP contribution in [-0.4, -0.2) is 35.9 Å². The maximum absolute atomic E-state index is 13.5. The Labute approximate surface area is 252 Å². The van der Waals surface area contributed by atoms with Crippen LogP contribution in [0.25, 0.3) is 11.1 Å². The second-order valence-corrected chi connectivity index (χ2v) is 9.43. The molecule has 0 saturated carbocycles. The third kappa shape index (κ3) is 7.74. The van der Waals surface area contributed by atoms with Crippen molar-refractivity contribution in [1.82, 2.24) is 15.6 Å². The molecule has 1 aliphatic heterocycles. The third-order valence-corrected chi connectivity index (χ3v) is 6.75. The van der Waals surface area contributed by atoms with Gasteiger partial charge in [0, 0.05) is 11.1 Å². The number of hydrogen-bond donors (Lipinski definition) is 2. The van der Waals surface area contributed by atoms with Gasteiger partial charge in [-0.15, -0.1) is 0 Å². The molecule has 1 aliphatic rings. The average molecular weight is 588 g/mol. The number of carbonyl (C=O) groups excluding carboxylic acids is 3. The van der Waals surface area contributed by atoms with Crippen molar-refractivity contribution in [3.05, 3.63) is 113 Å². The minimum absolute atomic E-state index is 0.105. The van der Waals surface area contributed by atoms with Crippen LogP contribution >= 0.6 is 0 Å². The Bertz CT molecular complexity index is 1480. The van der Waals surface area contributed by atoms with E-state index in [9.17, 15) is 18.8 Å². The maximum atomic E-state index is 13.5. The van der Waals surface area contributed by atoms with Gasteiger partial charge in [-0.1, -0.05) is 58.2 Å². The summed E-state index contributed by atoms with van der Waals surface area (Å²) in [5.41, 5.74) is 3.80. The number of halogens is 1. The largest absolute Gasteiger partial charge is 0.469 e. The van der Waals surface area contributed by atoms with Crippen LogP contribution in [0, 0.1) is 5.82 Å². The summed E-state index contributed by atoms with van der Waals surface area (Å²) < 4.78 is 23.9. The molecule has 0 bridgehead atoms. The quantitative estimate of drug-likeness (QED) is 0.186. The normalized spacial score (nSPS) is 13.1. The van der Waals surface area contributed by atoms with Gasteiger partial charge < -0.3 is 20.1 Å². The van der Waals surface area contributed by atoms with Gasteiger partial charge in [0.05, 0.1) is 48.0 Å². The topological polar surface area (TPSA) is 107 Å². The summed E-state index contributed by atoms with van der Waals surface area (Å²) >= 11 is 0. The second kappa shape index (κ2) is 15.4. The summed E-state index contributed by atoms with van der Waals surface area (Å²) in [6.45, 7) is 15.0.